The third kappa shape index (κ3) is 3.83. The number of thiophene rings is 1. The van der Waals surface area contributed by atoms with Gasteiger partial charge in [0.15, 0.2) is 6.61 Å². The number of amides is 3. The van der Waals surface area contributed by atoms with Crippen LogP contribution in [0.5, 0.6) is 0 Å². The summed E-state index contributed by atoms with van der Waals surface area (Å²) in [4.78, 5) is 34.5. The summed E-state index contributed by atoms with van der Waals surface area (Å²) in [6, 6.07) is 10.0. The molecule has 3 amide bonds. The van der Waals surface area contributed by atoms with Crippen LogP contribution in [0.25, 0.3) is 10.4 Å². The van der Waals surface area contributed by atoms with Crippen molar-refractivity contribution in [3.63, 3.8) is 0 Å². The number of nitrogens with one attached hydrogen (secondary N) is 1. The highest BCUT2D eigenvalue weighted by Gasteiger charge is 2.19. The summed E-state index contributed by atoms with van der Waals surface area (Å²) in [7, 11) is 0. The lowest BCUT2D eigenvalue weighted by atomic mass is 10.1. The number of anilines is 1. The van der Waals surface area contributed by atoms with Crippen molar-refractivity contribution in [3.05, 3.63) is 42.0 Å². The fourth-order valence-corrected chi connectivity index (χ4v) is 2.76. The van der Waals surface area contributed by atoms with Gasteiger partial charge in [-0.2, -0.15) is 0 Å². The van der Waals surface area contributed by atoms with Crippen LogP contribution in [0.2, 0.25) is 0 Å². The lowest BCUT2D eigenvalue weighted by Gasteiger charge is -2.03. The van der Waals surface area contributed by atoms with Gasteiger partial charge in [-0.3, -0.25) is 10.1 Å². The highest BCUT2D eigenvalue weighted by molar-refractivity contribution is 7.20. The van der Waals surface area contributed by atoms with E-state index in [1.54, 1.807) is 6.07 Å². The first-order chi connectivity index (χ1) is 10.5. The Balaban J connectivity index is 2.34. The molecule has 8 heteroatoms. The molecule has 0 saturated heterocycles. The van der Waals surface area contributed by atoms with Crippen molar-refractivity contribution < 1.29 is 19.1 Å². The van der Waals surface area contributed by atoms with Crippen LogP contribution in [-0.2, 0) is 9.53 Å². The minimum Gasteiger partial charge on any atom is -0.452 e. The average Bonchev–Trinajstić information content (AvgIpc) is 2.89. The van der Waals surface area contributed by atoms with Crippen molar-refractivity contribution in [2.45, 2.75) is 0 Å². The molecule has 0 bridgehead atoms. The van der Waals surface area contributed by atoms with Gasteiger partial charge in [-0.15, -0.1) is 11.3 Å². The Morgan fingerprint density at radius 1 is 1.14 bits per heavy atom. The van der Waals surface area contributed by atoms with Crippen molar-refractivity contribution in [2.24, 2.45) is 11.5 Å². The van der Waals surface area contributed by atoms with Crippen LogP contribution in [0.3, 0.4) is 0 Å². The molecule has 0 aliphatic rings. The number of ether oxygens (including phenoxy) is 1. The smallest absolute Gasteiger partial charge is 0.341 e. The number of carbonyl (C=O) groups is 3. The second-order valence-corrected chi connectivity index (χ2v) is 5.30. The zero-order valence-electron chi connectivity index (χ0n) is 11.4. The molecule has 0 spiro atoms. The minimum absolute atomic E-state index is 0.115. The minimum atomic E-state index is -0.801. The number of esters is 1. The molecule has 2 rings (SSSR count). The number of hydrogen-bond acceptors (Lipinski definition) is 5. The Labute approximate surface area is 129 Å². The number of rotatable bonds is 5. The number of primary amides is 2. The molecule has 1 heterocycles. The van der Waals surface area contributed by atoms with Crippen molar-refractivity contribution in [1.29, 1.82) is 0 Å². The van der Waals surface area contributed by atoms with Gasteiger partial charge in [-0.1, -0.05) is 30.3 Å². The van der Waals surface area contributed by atoms with Gasteiger partial charge in [0, 0.05) is 4.88 Å². The maximum Gasteiger partial charge on any atom is 0.341 e. The normalized spacial score (nSPS) is 10.0. The molecule has 0 unspecified atom stereocenters. The molecule has 114 valence electrons. The molecule has 5 N–H and O–H groups in total. The molecule has 2 aromatic rings. The van der Waals surface area contributed by atoms with E-state index >= 15 is 0 Å². The number of carbonyl (C=O) groups excluding carboxylic acids is 3. The Hall–Kier alpha value is -2.87. The molecular formula is C14H13N3O4S. The fourth-order valence-electron chi connectivity index (χ4n) is 1.71. The molecule has 0 aliphatic heterocycles. The zero-order chi connectivity index (χ0) is 16.1. The predicted molar refractivity (Wildman–Crippen MR) is 82.4 cm³/mol. The van der Waals surface area contributed by atoms with E-state index < -0.39 is 24.5 Å². The van der Waals surface area contributed by atoms with Crippen LogP contribution in [0, 0.1) is 0 Å². The van der Waals surface area contributed by atoms with Crippen LogP contribution in [-0.4, -0.2) is 24.5 Å². The molecule has 1 aromatic carbocycles. The van der Waals surface area contributed by atoms with E-state index in [1.165, 1.54) is 11.3 Å². The van der Waals surface area contributed by atoms with Gasteiger partial charge in [0.25, 0.3) is 5.91 Å². The van der Waals surface area contributed by atoms with Gasteiger partial charge in [-0.05, 0) is 11.6 Å². The Morgan fingerprint density at radius 3 is 2.41 bits per heavy atom. The predicted octanol–water partition coefficient (Wildman–Crippen LogP) is 1.55. The number of urea groups is 1. The summed E-state index contributed by atoms with van der Waals surface area (Å²) in [6.07, 6.45) is 0. The maximum absolute atomic E-state index is 12.0. The SMILES string of the molecule is NC(=O)COC(=O)c1cc(-c2ccccc2)sc1NC(N)=O. The lowest BCUT2D eigenvalue weighted by Crippen LogP contribution is -2.22. The molecule has 1 aromatic heterocycles. The van der Waals surface area contributed by atoms with Gasteiger partial charge in [-0.25, -0.2) is 9.59 Å². The van der Waals surface area contributed by atoms with Crippen LogP contribution < -0.4 is 16.8 Å². The maximum atomic E-state index is 12.0. The van der Waals surface area contributed by atoms with Gasteiger partial charge in [0.05, 0.1) is 5.56 Å². The third-order valence-electron chi connectivity index (χ3n) is 2.59. The van der Waals surface area contributed by atoms with Gasteiger partial charge in [0.1, 0.15) is 5.00 Å². The van der Waals surface area contributed by atoms with E-state index in [2.05, 4.69) is 5.32 Å². The monoisotopic (exact) mass is 319 g/mol. The van der Waals surface area contributed by atoms with E-state index in [4.69, 9.17) is 16.2 Å². The standard InChI is InChI=1S/C14H13N3O4S/c15-11(18)7-21-13(19)9-6-10(8-4-2-1-3-5-8)22-12(9)17-14(16)20/h1-6H,7H2,(H2,15,18)(H3,16,17,20). The van der Waals surface area contributed by atoms with Gasteiger partial charge in [0.2, 0.25) is 0 Å². The quantitative estimate of drug-likeness (QED) is 0.723. The molecule has 22 heavy (non-hydrogen) atoms. The molecule has 7 nitrogen and oxygen atoms in total. The summed E-state index contributed by atoms with van der Waals surface area (Å²) >= 11 is 1.17. The van der Waals surface area contributed by atoms with E-state index in [-0.39, 0.29) is 10.6 Å². The molecular weight excluding hydrogens is 306 g/mol. The molecule has 0 radical (unpaired) electrons. The van der Waals surface area contributed by atoms with Crippen LogP contribution in [0.4, 0.5) is 9.80 Å². The first kappa shape index (κ1) is 15.5. The second kappa shape index (κ2) is 6.72. The Kier molecular flexibility index (Phi) is 4.74. The highest BCUT2D eigenvalue weighted by Crippen LogP contribution is 2.35. The summed E-state index contributed by atoms with van der Waals surface area (Å²) in [6.45, 7) is -0.536. The summed E-state index contributed by atoms with van der Waals surface area (Å²) < 4.78 is 4.76. The third-order valence-corrected chi connectivity index (χ3v) is 3.69. The van der Waals surface area contributed by atoms with E-state index in [0.29, 0.717) is 0 Å². The van der Waals surface area contributed by atoms with Crippen LogP contribution in [0.1, 0.15) is 10.4 Å². The van der Waals surface area contributed by atoms with E-state index in [9.17, 15) is 14.4 Å². The average molecular weight is 319 g/mol. The van der Waals surface area contributed by atoms with E-state index in [0.717, 1.165) is 10.4 Å². The molecule has 0 fully saturated rings. The Morgan fingerprint density at radius 2 is 1.82 bits per heavy atom. The van der Waals surface area contributed by atoms with Gasteiger partial charge < -0.3 is 16.2 Å². The molecule has 0 atom stereocenters. The van der Waals surface area contributed by atoms with Crippen molar-refractivity contribution >= 4 is 34.2 Å². The lowest BCUT2D eigenvalue weighted by molar-refractivity contribution is -0.121. The number of benzene rings is 1. The molecule has 0 aliphatic carbocycles. The van der Waals surface area contributed by atoms with Crippen molar-refractivity contribution in [3.8, 4) is 10.4 Å². The first-order valence-corrected chi connectivity index (χ1v) is 7.00. The topological polar surface area (TPSA) is 125 Å². The Bertz CT molecular complexity index is 712. The summed E-state index contributed by atoms with van der Waals surface area (Å²) in [5, 5.41) is 2.62. The molecule has 0 saturated carbocycles. The summed E-state index contributed by atoms with van der Waals surface area (Å²) in [5.74, 6) is -1.53. The van der Waals surface area contributed by atoms with Crippen molar-refractivity contribution in [1.82, 2.24) is 0 Å². The van der Waals surface area contributed by atoms with Crippen LogP contribution in [0.15, 0.2) is 36.4 Å². The number of hydrogen-bond donors (Lipinski definition) is 3. The van der Waals surface area contributed by atoms with Crippen LogP contribution >= 0.6 is 11.3 Å². The zero-order valence-corrected chi connectivity index (χ0v) is 12.2. The van der Waals surface area contributed by atoms with E-state index in [1.807, 2.05) is 30.3 Å². The summed E-state index contributed by atoms with van der Waals surface area (Å²) in [5.41, 5.74) is 11.0. The largest absolute Gasteiger partial charge is 0.452 e. The fraction of sp³-hybridized carbons (Fsp3) is 0.0714. The number of nitrogens with two attached hydrogens (primary N) is 2. The first-order valence-electron chi connectivity index (χ1n) is 6.18. The second-order valence-electron chi connectivity index (χ2n) is 4.25. The highest BCUT2D eigenvalue weighted by atomic mass is 32.1. The van der Waals surface area contributed by atoms with Crippen molar-refractivity contribution in [2.75, 3.05) is 11.9 Å². The van der Waals surface area contributed by atoms with Gasteiger partial charge >= 0.3 is 12.0 Å².